The maximum Gasteiger partial charge on any atom is 0.138 e. The van der Waals surface area contributed by atoms with Crippen LogP contribution in [0, 0.1) is 0 Å². The summed E-state index contributed by atoms with van der Waals surface area (Å²) in [6, 6.07) is 0.469. The molecule has 1 aliphatic rings. The van der Waals surface area contributed by atoms with E-state index in [1.807, 2.05) is 11.8 Å². The number of hydrogen-bond donors (Lipinski definition) is 1. The topological polar surface area (TPSA) is 37.8 Å². The first-order valence-electron chi connectivity index (χ1n) is 7.01. The third-order valence-electron chi connectivity index (χ3n) is 3.26. The van der Waals surface area contributed by atoms with Gasteiger partial charge in [-0.2, -0.15) is 11.8 Å². The summed E-state index contributed by atoms with van der Waals surface area (Å²) in [5.74, 6) is 3.15. The van der Waals surface area contributed by atoms with E-state index >= 15 is 0 Å². The van der Waals surface area contributed by atoms with Crippen molar-refractivity contribution in [1.82, 2.24) is 15.3 Å². The Bertz CT molecular complexity index is 381. The Morgan fingerprint density at radius 1 is 1.44 bits per heavy atom. The maximum atomic E-state index is 4.75. The van der Waals surface area contributed by atoms with E-state index < -0.39 is 0 Å². The molecule has 1 unspecified atom stereocenters. The Morgan fingerprint density at radius 3 is 3.11 bits per heavy atom. The van der Waals surface area contributed by atoms with Gasteiger partial charge in [-0.1, -0.05) is 13.8 Å². The molecule has 0 aromatic carbocycles. The van der Waals surface area contributed by atoms with Crippen molar-refractivity contribution in [2.45, 2.75) is 51.3 Å². The van der Waals surface area contributed by atoms with Crippen LogP contribution in [0.1, 0.15) is 56.2 Å². The van der Waals surface area contributed by atoms with E-state index in [0.29, 0.717) is 6.04 Å². The van der Waals surface area contributed by atoms with Crippen molar-refractivity contribution < 1.29 is 0 Å². The molecule has 0 bridgehead atoms. The van der Waals surface area contributed by atoms with Crippen LogP contribution in [-0.2, 0) is 12.2 Å². The van der Waals surface area contributed by atoms with Gasteiger partial charge in [0.25, 0.3) is 0 Å². The summed E-state index contributed by atoms with van der Waals surface area (Å²) in [5.41, 5.74) is 2.60. The molecule has 1 N–H and O–H groups in total. The average Bonchev–Trinajstić information content (AvgIpc) is 2.39. The van der Waals surface area contributed by atoms with E-state index in [-0.39, 0.29) is 0 Å². The molecule has 0 saturated heterocycles. The molecule has 1 aliphatic carbocycles. The van der Waals surface area contributed by atoms with Crippen LogP contribution in [0.5, 0.6) is 0 Å². The fourth-order valence-corrected chi connectivity index (χ4v) is 3.18. The minimum absolute atomic E-state index is 0.469. The first kappa shape index (κ1) is 13.8. The highest BCUT2D eigenvalue weighted by Gasteiger charge is 2.21. The number of nitrogens with one attached hydrogen (secondary N) is 1. The largest absolute Gasteiger partial charge is 0.310 e. The van der Waals surface area contributed by atoms with Crippen molar-refractivity contribution in [1.29, 1.82) is 0 Å². The Hall–Kier alpha value is -0.610. The van der Waals surface area contributed by atoms with Gasteiger partial charge >= 0.3 is 0 Å². The highest BCUT2D eigenvalue weighted by Crippen LogP contribution is 2.28. The Labute approximate surface area is 114 Å². The lowest BCUT2D eigenvalue weighted by atomic mass is 9.92. The summed E-state index contributed by atoms with van der Waals surface area (Å²) < 4.78 is 0. The summed E-state index contributed by atoms with van der Waals surface area (Å²) >= 11 is 1.93. The minimum atomic E-state index is 0.469. The summed E-state index contributed by atoms with van der Waals surface area (Å²) in [6.07, 6.45) is 6.84. The second-order valence-corrected chi connectivity index (χ2v) is 5.85. The summed E-state index contributed by atoms with van der Waals surface area (Å²) in [6.45, 7) is 5.38. The molecule has 0 saturated carbocycles. The molecule has 1 aromatic heterocycles. The fourth-order valence-electron chi connectivity index (χ4n) is 2.42. The van der Waals surface area contributed by atoms with Gasteiger partial charge in [0, 0.05) is 23.5 Å². The van der Waals surface area contributed by atoms with Gasteiger partial charge < -0.3 is 5.32 Å². The number of thioether (sulfide) groups is 1. The Balaban J connectivity index is 2.06. The van der Waals surface area contributed by atoms with E-state index in [4.69, 9.17) is 4.98 Å². The average molecular weight is 265 g/mol. The van der Waals surface area contributed by atoms with Crippen molar-refractivity contribution in [3.63, 3.8) is 0 Å². The van der Waals surface area contributed by atoms with Gasteiger partial charge in [-0.3, -0.25) is 0 Å². The van der Waals surface area contributed by atoms with Gasteiger partial charge in [0.1, 0.15) is 5.82 Å². The van der Waals surface area contributed by atoms with Crippen LogP contribution in [0.4, 0.5) is 0 Å². The third-order valence-corrected chi connectivity index (χ3v) is 4.42. The molecule has 1 heterocycles. The van der Waals surface area contributed by atoms with Crippen LogP contribution in [0.25, 0.3) is 0 Å². The minimum Gasteiger partial charge on any atom is -0.310 e. The molecule has 0 radical (unpaired) electrons. The number of fused-ring (bicyclic) bond motifs is 1. The Morgan fingerprint density at radius 2 is 2.33 bits per heavy atom. The first-order chi connectivity index (χ1) is 8.85. The molecular weight excluding hydrogens is 242 g/mol. The molecule has 2 rings (SSSR count). The lowest BCUT2D eigenvalue weighted by molar-refractivity contribution is 0.463. The molecule has 0 amide bonds. The molecule has 0 fully saturated rings. The van der Waals surface area contributed by atoms with Crippen molar-refractivity contribution in [3.05, 3.63) is 23.3 Å². The lowest BCUT2D eigenvalue weighted by Crippen LogP contribution is -2.26. The molecule has 4 heteroatoms. The van der Waals surface area contributed by atoms with Crippen molar-refractivity contribution in [3.8, 4) is 0 Å². The van der Waals surface area contributed by atoms with Crippen LogP contribution >= 0.6 is 11.8 Å². The quantitative estimate of drug-likeness (QED) is 0.802. The second-order valence-electron chi connectivity index (χ2n) is 4.74. The predicted molar refractivity (Wildman–Crippen MR) is 77.8 cm³/mol. The zero-order valence-electron chi connectivity index (χ0n) is 11.4. The predicted octanol–water partition coefficient (Wildman–Crippen LogP) is 3.11. The van der Waals surface area contributed by atoms with E-state index in [2.05, 4.69) is 30.3 Å². The summed E-state index contributed by atoms with van der Waals surface area (Å²) in [5, 5.41) is 3.53. The fraction of sp³-hybridized carbons (Fsp3) is 0.714. The highest BCUT2D eigenvalue weighted by atomic mass is 32.2. The van der Waals surface area contributed by atoms with E-state index in [1.165, 1.54) is 36.3 Å². The second kappa shape index (κ2) is 7.10. The smallest absolute Gasteiger partial charge is 0.138 e. The molecule has 0 aliphatic heterocycles. The van der Waals surface area contributed by atoms with Gasteiger partial charge in [0.15, 0.2) is 0 Å². The summed E-state index contributed by atoms with van der Waals surface area (Å²) in [7, 11) is 0. The molecule has 1 aromatic rings. The summed E-state index contributed by atoms with van der Waals surface area (Å²) in [4.78, 5) is 9.27. The van der Waals surface area contributed by atoms with Crippen LogP contribution in [-0.4, -0.2) is 22.3 Å². The SMILES string of the molecule is CCCSCc1ncc2c(n1)CCCC2NCC. The number of hydrogen-bond acceptors (Lipinski definition) is 4. The monoisotopic (exact) mass is 265 g/mol. The molecule has 3 nitrogen and oxygen atoms in total. The molecule has 0 spiro atoms. The molecule has 1 atom stereocenters. The normalized spacial score (nSPS) is 18.7. The standard InChI is InChI=1S/C14H23N3S/c1-3-8-18-10-14-16-9-11-12(15-4-2)6-5-7-13(11)17-14/h9,12,15H,3-8,10H2,1-2H3. The van der Waals surface area contributed by atoms with Gasteiger partial charge in [0.2, 0.25) is 0 Å². The maximum absolute atomic E-state index is 4.75. The van der Waals surface area contributed by atoms with E-state index in [9.17, 15) is 0 Å². The number of rotatable bonds is 6. The van der Waals surface area contributed by atoms with Crippen molar-refractivity contribution in [2.75, 3.05) is 12.3 Å². The zero-order valence-corrected chi connectivity index (χ0v) is 12.2. The molecular formula is C14H23N3S. The van der Waals surface area contributed by atoms with Gasteiger partial charge in [0.05, 0.1) is 5.75 Å². The van der Waals surface area contributed by atoms with Crippen LogP contribution in [0.15, 0.2) is 6.20 Å². The van der Waals surface area contributed by atoms with E-state index in [0.717, 1.165) is 24.5 Å². The Kier molecular flexibility index (Phi) is 5.45. The third kappa shape index (κ3) is 3.45. The number of aryl methyl sites for hydroxylation is 1. The van der Waals surface area contributed by atoms with Gasteiger partial charge in [-0.15, -0.1) is 0 Å². The lowest BCUT2D eigenvalue weighted by Gasteiger charge is -2.25. The number of aromatic nitrogens is 2. The first-order valence-corrected chi connectivity index (χ1v) is 8.16. The van der Waals surface area contributed by atoms with Crippen molar-refractivity contribution >= 4 is 11.8 Å². The van der Waals surface area contributed by atoms with Crippen LogP contribution in [0.2, 0.25) is 0 Å². The highest BCUT2D eigenvalue weighted by molar-refractivity contribution is 7.98. The molecule has 100 valence electrons. The van der Waals surface area contributed by atoms with Gasteiger partial charge in [-0.25, -0.2) is 9.97 Å². The zero-order chi connectivity index (χ0) is 12.8. The van der Waals surface area contributed by atoms with Crippen molar-refractivity contribution in [2.24, 2.45) is 0 Å². The number of nitrogens with zero attached hydrogens (tertiary/aromatic N) is 2. The van der Waals surface area contributed by atoms with E-state index in [1.54, 1.807) is 0 Å². The molecule has 18 heavy (non-hydrogen) atoms. The van der Waals surface area contributed by atoms with Gasteiger partial charge in [-0.05, 0) is 38.0 Å². The van der Waals surface area contributed by atoms with Crippen LogP contribution < -0.4 is 5.32 Å². The van der Waals surface area contributed by atoms with Crippen LogP contribution in [0.3, 0.4) is 0 Å².